The lowest BCUT2D eigenvalue weighted by Gasteiger charge is -2.23. The molecule has 2 aliphatic heterocycles. The summed E-state index contributed by atoms with van der Waals surface area (Å²) in [6, 6.07) is 10.9. The second kappa shape index (κ2) is 29.6. The number of carbonyl (C=O) groups excluding carboxylic acids is 5. The van der Waals surface area contributed by atoms with Crippen molar-refractivity contribution in [3.05, 3.63) is 97.1 Å². The van der Waals surface area contributed by atoms with Crippen LogP contribution < -0.4 is 27.4 Å². The van der Waals surface area contributed by atoms with E-state index in [0.717, 1.165) is 28.4 Å². The zero-order valence-electron chi connectivity index (χ0n) is 45.2. The van der Waals surface area contributed by atoms with Crippen molar-refractivity contribution in [3.8, 4) is 22.3 Å². The quantitative estimate of drug-likeness (QED) is 0.0570. The molecule has 8 heterocycles. The number of amides is 3. The number of anilines is 4. The number of nitrogens with zero attached hydrogens (tertiary/aromatic N) is 13. The zero-order chi connectivity index (χ0) is 62.1. The van der Waals surface area contributed by atoms with Gasteiger partial charge in [0.1, 0.15) is 56.0 Å². The predicted octanol–water partition coefficient (Wildman–Crippen LogP) is 5.59. The Labute approximate surface area is 509 Å². The van der Waals surface area contributed by atoms with Gasteiger partial charge in [-0.1, -0.05) is 12.1 Å². The van der Waals surface area contributed by atoms with Gasteiger partial charge in [-0.05, 0) is 35.4 Å². The van der Waals surface area contributed by atoms with E-state index in [0.29, 0.717) is 42.3 Å². The molecule has 2 fully saturated rings. The molecule has 0 saturated carbocycles. The Hall–Kier alpha value is -8.74. The summed E-state index contributed by atoms with van der Waals surface area (Å²) in [6.07, 6.45) is -3.34. The smallest absolute Gasteiger partial charge is 0.408 e. The van der Waals surface area contributed by atoms with E-state index in [-0.39, 0.29) is 105 Å². The maximum absolute atomic E-state index is 14.4. The van der Waals surface area contributed by atoms with Crippen LogP contribution in [0.1, 0.15) is 47.7 Å². The number of likely N-dealkylation sites (tertiary alicyclic amines) is 1. The molecule has 0 radical (unpaired) electrons. The molecule has 464 valence electrons. The van der Waals surface area contributed by atoms with E-state index in [2.05, 4.69) is 78.7 Å². The lowest BCUT2D eigenvalue weighted by atomic mass is 10.0. The minimum atomic E-state index is -4.51. The van der Waals surface area contributed by atoms with Gasteiger partial charge >= 0.3 is 18.3 Å². The summed E-state index contributed by atoms with van der Waals surface area (Å²) in [6.45, 7) is -0.821. The molecular formula is C50H51ClF8N18O7S3. The number of hydrogen-bond acceptors (Lipinski definition) is 19. The van der Waals surface area contributed by atoms with Gasteiger partial charge in [0.2, 0.25) is 29.6 Å². The number of carboxylic acid groups (broad SMARTS) is 1. The topological polar surface area (TPSA) is 337 Å². The number of nitrogens with one attached hydrogen (secondary N) is 3. The molecule has 6 aromatic heterocycles. The van der Waals surface area contributed by atoms with Crippen molar-refractivity contribution < 1.29 is 69.0 Å². The van der Waals surface area contributed by atoms with Gasteiger partial charge in [-0.3, -0.25) is 47.5 Å². The molecule has 0 unspecified atom stereocenters. The van der Waals surface area contributed by atoms with Crippen molar-refractivity contribution >= 4 is 129 Å². The van der Waals surface area contributed by atoms with Crippen LogP contribution in [0.2, 0.25) is 0 Å². The highest BCUT2D eigenvalue weighted by atomic mass is 35.5. The Bertz CT molecular complexity index is 3760. The first kappa shape index (κ1) is 69.0. The third kappa shape index (κ3) is 18.4. The third-order valence-electron chi connectivity index (χ3n) is 12.5. The lowest BCUT2D eigenvalue weighted by molar-refractivity contribution is -0.143. The van der Waals surface area contributed by atoms with E-state index in [9.17, 15) is 63.9 Å². The maximum atomic E-state index is 14.4. The van der Waals surface area contributed by atoms with Crippen LogP contribution in [0.15, 0.2) is 85.7 Å². The minimum Gasteiger partial charge on any atom is -0.480 e. The number of nitrogens with two attached hydrogens (primary N) is 2. The Morgan fingerprint density at radius 2 is 1.08 bits per heavy atom. The number of Topliss-reactive ketones (excluding diaryl/α,β-unsaturated/α-hetero) is 2. The number of benzene rings is 2. The van der Waals surface area contributed by atoms with Gasteiger partial charge in [-0.25, -0.2) is 28.7 Å². The summed E-state index contributed by atoms with van der Waals surface area (Å²) < 4.78 is 105. The Morgan fingerprint density at radius 1 is 0.644 bits per heavy atom. The molecule has 3 amide bonds. The van der Waals surface area contributed by atoms with Crippen molar-refractivity contribution in [1.82, 2.24) is 69.3 Å². The van der Waals surface area contributed by atoms with Crippen molar-refractivity contribution in [2.45, 2.75) is 89.6 Å². The molecule has 0 spiro atoms. The highest BCUT2D eigenvalue weighted by Crippen LogP contribution is 2.30. The largest absolute Gasteiger partial charge is 0.480 e. The number of carboxylic acids is 1. The predicted molar refractivity (Wildman–Crippen MR) is 310 cm³/mol. The highest BCUT2D eigenvalue weighted by Gasteiger charge is 2.41. The number of hydrogen-bond donors (Lipinski definition) is 6. The van der Waals surface area contributed by atoms with Gasteiger partial charge in [-0.2, -0.15) is 60.2 Å². The van der Waals surface area contributed by atoms with Gasteiger partial charge in [0.05, 0.1) is 23.6 Å². The van der Waals surface area contributed by atoms with Gasteiger partial charge < -0.3 is 37.4 Å². The molecule has 2 saturated heterocycles. The fraction of sp³-hybridized carbons (Fsp3) is 0.320. The Morgan fingerprint density at radius 3 is 1.48 bits per heavy atom. The average molecular weight is 1300 g/mol. The molecule has 8 aromatic rings. The van der Waals surface area contributed by atoms with Crippen molar-refractivity contribution in [2.75, 3.05) is 35.2 Å². The number of ketones is 2. The fourth-order valence-corrected chi connectivity index (χ4v) is 8.82. The standard InChI is InChI=1S/C25H23F4N9O3.C15H13N5O3.C10H12F4N4O.ClH.S2.H2S/c1-13(39)22-17-6-14(15-8-31-24(30)32-9-15)2-3-18(17)38(35-22)11-21(40)37-10-16(26)7-19(37)23(41)33-20-4-5-36(34-20)12-25(27,28)29;1-8(21)14-11-4-9(10-5-17-15(16)18-6-10)2-3-12(11)20(19-14)7-13(22)23;11-6-3-7(15-4-6)9(19)16-8-1-2-18(17-8)5-10(12,13)14;;1-2;/h2-6,8-9,16,19H,7,10-12H2,1H3,(H2,30,31,32)(H,33,34,41);2-6H,7H2,1H3,(H,22,23)(H2,16,17,18);1-2,6-7,15H,3-5H2,(H,16,17,19);1H;;1H2/t16-,19+;;6-,7+;;;/m1.1.../s1. The maximum Gasteiger partial charge on any atom is 0.408 e. The molecule has 2 aromatic carbocycles. The van der Waals surface area contributed by atoms with Crippen molar-refractivity contribution in [2.24, 2.45) is 0 Å². The molecule has 8 N–H and O–H groups in total. The summed E-state index contributed by atoms with van der Waals surface area (Å²) in [7, 11) is 0. The normalized spacial score (nSPS) is 16.2. The lowest BCUT2D eigenvalue weighted by Crippen LogP contribution is -2.44. The average Bonchev–Trinajstić information content (AvgIpc) is 1.80. The summed E-state index contributed by atoms with van der Waals surface area (Å²) >= 11 is 7.33. The van der Waals surface area contributed by atoms with Crippen LogP contribution in [0, 0.1) is 0 Å². The number of aliphatic carboxylic acids is 1. The van der Waals surface area contributed by atoms with Gasteiger partial charge in [0.25, 0.3) is 0 Å². The van der Waals surface area contributed by atoms with E-state index < -0.39 is 80.1 Å². The van der Waals surface area contributed by atoms with Gasteiger partial charge in [0, 0.05) is 127 Å². The number of aromatic nitrogens is 12. The van der Waals surface area contributed by atoms with E-state index in [1.54, 1.807) is 48.8 Å². The first-order valence-electron chi connectivity index (χ1n) is 24.9. The summed E-state index contributed by atoms with van der Waals surface area (Å²) in [5.74, 6) is -3.41. The van der Waals surface area contributed by atoms with Crippen molar-refractivity contribution in [1.29, 1.82) is 0 Å². The molecule has 37 heteroatoms. The number of carbonyl (C=O) groups is 6. The van der Waals surface area contributed by atoms with E-state index in [1.165, 1.54) is 47.7 Å². The van der Waals surface area contributed by atoms with Crippen LogP contribution in [-0.2, 0) is 67.7 Å². The Kier molecular flexibility index (Phi) is 23.5. The minimum absolute atomic E-state index is 0. The molecule has 25 nitrogen and oxygen atoms in total. The second-order valence-electron chi connectivity index (χ2n) is 18.8. The number of rotatable bonds is 14. The zero-order valence-corrected chi connectivity index (χ0v) is 48.6. The number of halogens is 9. The van der Waals surface area contributed by atoms with Crippen LogP contribution in [0.4, 0.5) is 58.7 Å². The second-order valence-corrected chi connectivity index (χ2v) is 18.8. The Balaban J connectivity index is 0.000000254. The molecule has 0 bridgehead atoms. The number of fused-ring (bicyclic) bond motifs is 2. The van der Waals surface area contributed by atoms with E-state index >= 15 is 0 Å². The first-order chi connectivity index (χ1) is 40.2. The van der Waals surface area contributed by atoms with Gasteiger partial charge in [-0.15, -0.1) is 12.4 Å². The van der Waals surface area contributed by atoms with Gasteiger partial charge in [0.15, 0.2) is 23.2 Å². The molecule has 10 rings (SSSR count). The monoisotopic (exact) mass is 1300 g/mol. The summed E-state index contributed by atoms with van der Waals surface area (Å²) in [5.41, 5.74) is 15.3. The van der Waals surface area contributed by atoms with E-state index in [4.69, 9.17) is 16.6 Å². The number of nitrogen functional groups attached to an aromatic ring is 2. The summed E-state index contributed by atoms with van der Waals surface area (Å²) in [4.78, 5) is 89.8. The van der Waals surface area contributed by atoms with Crippen LogP contribution in [-0.4, -0.2) is 154 Å². The van der Waals surface area contributed by atoms with Crippen LogP contribution >= 0.6 is 25.9 Å². The van der Waals surface area contributed by atoms with E-state index in [1.807, 2.05) is 0 Å². The number of alkyl halides is 8. The molecule has 2 aliphatic rings. The third-order valence-corrected chi connectivity index (χ3v) is 12.5. The first-order valence-corrected chi connectivity index (χ1v) is 26.2. The molecule has 4 atom stereocenters. The molecular weight excluding hydrogens is 1250 g/mol. The fourth-order valence-electron chi connectivity index (χ4n) is 8.82. The van der Waals surface area contributed by atoms with Crippen molar-refractivity contribution in [3.63, 3.8) is 0 Å². The molecule has 0 aliphatic carbocycles. The molecule has 87 heavy (non-hydrogen) atoms. The van der Waals surface area contributed by atoms with Crippen LogP contribution in [0.3, 0.4) is 0 Å². The summed E-state index contributed by atoms with van der Waals surface area (Å²) in [5, 5.41) is 33.0. The highest BCUT2D eigenvalue weighted by molar-refractivity contribution is 8.07. The SMILES string of the molecule is CC(=O)c1nn(CC(=O)N2C[C@H](F)C[C@H]2C(=O)Nc2ccn(CC(F)(F)F)n2)c2ccc(-c3cnc(N)nc3)cc12.CC(=O)c1nn(CC(=O)O)c2ccc(-c3cnc(N)nc3)cc12.Cl.O=C(Nc1ccn(CC(F)(F)F)n1)[C@@H]1C[C@@H](F)CN1.S.S=S. The van der Waals surface area contributed by atoms with Crippen LogP contribution in [0.25, 0.3) is 44.1 Å². The van der Waals surface area contributed by atoms with Crippen LogP contribution in [0.5, 0.6) is 0 Å².